The molecule has 6 heteroatoms. The quantitative estimate of drug-likeness (QED) is 0.718. The van der Waals surface area contributed by atoms with Crippen LogP contribution in [0.5, 0.6) is 0 Å². The second-order valence-electron chi connectivity index (χ2n) is 3.57. The first-order chi connectivity index (χ1) is 5.59. The Morgan fingerprint density at radius 3 is 2.21 bits per heavy atom. The summed E-state index contributed by atoms with van der Waals surface area (Å²) in [5, 5.41) is 3.20. The standard InChI is InChI=1S/C8H17N3O.2ClH/c1-11(2)8(7(9)12)4-3-5-10-6-8;;/h10H,3-6H2,1-2H3,(H2,9,12);2*1H. The number of hydrogen-bond acceptors (Lipinski definition) is 3. The fourth-order valence-corrected chi connectivity index (χ4v) is 1.70. The number of nitrogens with zero attached hydrogens (tertiary/aromatic N) is 1. The zero-order valence-electron chi connectivity index (χ0n) is 8.58. The molecule has 1 heterocycles. The van der Waals surface area contributed by atoms with Gasteiger partial charge in [-0.15, -0.1) is 24.8 Å². The molecule has 0 aromatic carbocycles. The van der Waals surface area contributed by atoms with Crippen molar-refractivity contribution in [1.82, 2.24) is 10.2 Å². The fourth-order valence-electron chi connectivity index (χ4n) is 1.70. The van der Waals surface area contributed by atoms with Gasteiger partial charge in [0, 0.05) is 6.54 Å². The van der Waals surface area contributed by atoms with Gasteiger partial charge in [-0.2, -0.15) is 0 Å². The summed E-state index contributed by atoms with van der Waals surface area (Å²) in [6, 6.07) is 0. The molecule has 1 amide bonds. The lowest BCUT2D eigenvalue weighted by atomic mass is 9.88. The Balaban J connectivity index is 0. The fraction of sp³-hybridized carbons (Fsp3) is 0.875. The van der Waals surface area contributed by atoms with Crippen LogP contribution in [0.25, 0.3) is 0 Å². The molecule has 3 N–H and O–H groups in total. The Bertz CT molecular complexity index is 181. The van der Waals surface area contributed by atoms with Gasteiger partial charge in [0.15, 0.2) is 0 Å². The zero-order valence-corrected chi connectivity index (χ0v) is 10.2. The van der Waals surface area contributed by atoms with Crippen molar-refractivity contribution in [3.8, 4) is 0 Å². The van der Waals surface area contributed by atoms with E-state index in [0.29, 0.717) is 6.54 Å². The van der Waals surface area contributed by atoms with Crippen molar-refractivity contribution in [1.29, 1.82) is 0 Å². The summed E-state index contributed by atoms with van der Waals surface area (Å²) in [7, 11) is 3.80. The van der Waals surface area contributed by atoms with Gasteiger partial charge in [0.05, 0.1) is 0 Å². The van der Waals surface area contributed by atoms with Crippen LogP contribution in [-0.4, -0.2) is 43.5 Å². The van der Waals surface area contributed by atoms with E-state index in [-0.39, 0.29) is 30.7 Å². The number of piperidine rings is 1. The third kappa shape index (κ3) is 2.98. The maximum atomic E-state index is 11.3. The highest BCUT2D eigenvalue weighted by molar-refractivity contribution is 5.86. The molecule has 1 rings (SSSR count). The van der Waals surface area contributed by atoms with E-state index in [2.05, 4.69) is 5.32 Å². The number of amides is 1. The van der Waals surface area contributed by atoms with Gasteiger partial charge in [-0.3, -0.25) is 9.69 Å². The number of rotatable bonds is 2. The highest BCUT2D eigenvalue weighted by Gasteiger charge is 2.39. The molecule has 1 unspecified atom stereocenters. The molecule has 1 saturated heterocycles. The van der Waals surface area contributed by atoms with Crippen LogP contribution in [0.15, 0.2) is 0 Å². The molecule has 0 radical (unpaired) electrons. The molecule has 0 bridgehead atoms. The normalized spacial score (nSPS) is 26.2. The average Bonchev–Trinajstić information content (AvgIpc) is 2.05. The molecule has 0 aliphatic carbocycles. The summed E-state index contributed by atoms with van der Waals surface area (Å²) in [5.41, 5.74) is 4.92. The summed E-state index contributed by atoms with van der Waals surface area (Å²) in [6.07, 6.45) is 1.88. The molecule has 86 valence electrons. The Morgan fingerprint density at radius 1 is 1.43 bits per heavy atom. The van der Waals surface area contributed by atoms with Gasteiger partial charge in [-0.05, 0) is 33.5 Å². The van der Waals surface area contributed by atoms with E-state index in [1.165, 1.54) is 0 Å². The van der Waals surface area contributed by atoms with Crippen LogP contribution in [0.1, 0.15) is 12.8 Å². The van der Waals surface area contributed by atoms with Crippen LogP contribution in [0.4, 0.5) is 0 Å². The Morgan fingerprint density at radius 2 is 2.00 bits per heavy atom. The highest BCUT2D eigenvalue weighted by atomic mass is 35.5. The average molecular weight is 244 g/mol. The molecular weight excluding hydrogens is 225 g/mol. The Hall–Kier alpha value is -0.0300. The minimum atomic E-state index is -0.460. The molecule has 1 fully saturated rings. The summed E-state index contributed by atoms with van der Waals surface area (Å²) in [4.78, 5) is 13.2. The van der Waals surface area contributed by atoms with Crippen LogP contribution in [-0.2, 0) is 4.79 Å². The third-order valence-electron chi connectivity index (χ3n) is 2.68. The highest BCUT2D eigenvalue weighted by Crippen LogP contribution is 2.20. The molecule has 0 saturated carbocycles. The van der Waals surface area contributed by atoms with Gasteiger partial charge < -0.3 is 11.1 Å². The number of carbonyl (C=O) groups excluding carboxylic acids is 1. The Labute approximate surface area is 97.4 Å². The monoisotopic (exact) mass is 243 g/mol. The van der Waals surface area contributed by atoms with Crippen molar-refractivity contribution in [3.05, 3.63) is 0 Å². The molecule has 14 heavy (non-hydrogen) atoms. The van der Waals surface area contributed by atoms with Crippen LogP contribution < -0.4 is 11.1 Å². The van der Waals surface area contributed by atoms with E-state index in [1.807, 2.05) is 19.0 Å². The predicted octanol–water partition coefficient (Wildman–Crippen LogP) is -0.000900. The van der Waals surface area contributed by atoms with E-state index in [0.717, 1.165) is 19.4 Å². The van der Waals surface area contributed by atoms with E-state index >= 15 is 0 Å². The molecular formula is C8H19Cl2N3O. The van der Waals surface area contributed by atoms with Crippen molar-refractivity contribution in [2.24, 2.45) is 5.73 Å². The lowest BCUT2D eigenvalue weighted by molar-refractivity contribution is -0.129. The van der Waals surface area contributed by atoms with Gasteiger partial charge >= 0.3 is 0 Å². The van der Waals surface area contributed by atoms with Crippen molar-refractivity contribution in [2.75, 3.05) is 27.2 Å². The number of nitrogens with two attached hydrogens (primary N) is 1. The topological polar surface area (TPSA) is 58.4 Å². The first-order valence-corrected chi connectivity index (χ1v) is 4.28. The SMILES string of the molecule is CN(C)C1(C(N)=O)CCCNC1.Cl.Cl. The van der Waals surface area contributed by atoms with E-state index in [9.17, 15) is 4.79 Å². The second-order valence-corrected chi connectivity index (χ2v) is 3.57. The van der Waals surface area contributed by atoms with Crippen LogP contribution in [0.2, 0.25) is 0 Å². The first kappa shape index (κ1) is 16.4. The van der Waals surface area contributed by atoms with Gasteiger partial charge in [0.1, 0.15) is 5.54 Å². The molecule has 0 spiro atoms. The van der Waals surface area contributed by atoms with Crippen LogP contribution in [0.3, 0.4) is 0 Å². The van der Waals surface area contributed by atoms with E-state index in [4.69, 9.17) is 5.73 Å². The second kappa shape index (κ2) is 6.45. The van der Waals surface area contributed by atoms with Crippen molar-refractivity contribution in [2.45, 2.75) is 18.4 Å². The zero-order chi connectivity index (χ0) is 9.19. The maximum Gasteiger partial charge on any atom is 0.239 e. The van der Waals surface area contributed by atoms with Gasteiger partial charge in [0.2, 0.25) is 5.91 Å². The molecule has 0 aromatic heterocycles. The number of nitrogens with one attached hydrogen (secondary N) is 1. The minimum absolute atomic E-state index is 0. The lowest BCUT2D eigenvalue weighted by Crippen LogP contribution is -2.62. The number of likely N-dealkylation sites (N-methyl/N-ethyl adjacent to an activating group) is 1. The summed E-state index contributed by atoms with van der Waals surface area (Å²) >= 11 is 0. The molecule has 1 aliphatic rings. The van der Waals surface area contributed by atoms with E-state index in [1.54, 1.807) is 0 Å². The minimum Gasteiger partial charge on any atom is -0.368 e. The van der Waals surface area contributed by atoms with Crippen molar-refractivity contribution in [3.63, 3.8) is 0 Å². The Kier molecular flexibility index (Phi) is 7.56. The smallest absolute Gasteiger partial charge is 0.239 e. The van der Waals surface area contributed by atoms with Crippen LogP contribution >= 0.6 is 24.8 Å². The summed E-state index contributed by atoms with van der Waals surface area (Å²) < 4.78 is 0. The van der Waals surface area contributed by atoms with Gasteiger partial charge in [-0.25, -0.2) is 0 Å². The molecule has 1 atom stereocenters. The van der Waals surface area contributed by atoms with Gasteiger partial charge in [-0.1, -0.05) is 0 Å². The van der Waals surface area contributed by atoms with Crippen molar-refractivity contribution < 1.29 is 4.79 Å². The number of hydrogen-bond donors (Lipinski definition) is 2. The largest absolute Gasteiger partial charge is 0.368 e. The number of primary amides is 1. The predicted molar refractivity (Wildman–Crippen MR) is 62.2 cm³/mol. The van der Waals surface area contributed by atoms with Gasteiger partial charge in [0.25, 0.3) is 0 Å². The molecule has 4 nitrogen and oxygen atoms in total. The lowest BCUT2D eigenvalue weighted by Gasteiger charge is -2.40. The van der Waals surface area contributed by atoms with Crippen molar-refractivity contribution >= 4 is 30.7 Å². The number of carbonyl (C=O) groups is 1. The van der Waals surface area contributed by atoms with E-state index < -0.39 is 5.54 Å². The number of halogens is 2. The third-order valence-corrected chi connectivity index (χ3v) is 2.68. The summed E-state index contributed by atoms with van der Waals surface area (Å²) in [6.45, 7) is 1.66. The summed E-state index contributed by atoms with van der Waals surface area (Å²) in [5.74, 6) is -0.222. The first-order valence-electron chi connectivity index (χ1n) is 4.28. The van der Waals surface area contributed by atoms with Crippen LogP contribution in [0, 0.1) is 0 Å². The molecule has 1 aliphatic heterocycles. The maximum absolute atomic E-state index is 11.3. The molecule has 0 aromatic rings.